The van der Waals surface area contributed by atoms with E-state index >= 15 is 0 Å². The van der Waals surface area contributed by atoms with Crippen LogP contribution < -0.4 is 5.32 Å². The predicted octanol–water partition coefficient (Wildman–Crippen LogP) is 2.75. The molecule has 0 saturated heterocycles. The van der Waals surface area contributed by atoms with Crippen LogP contribution in [-0.4, -0.2) is 21.4 Å². The fraction of sp³-hybridized carbons (Fsp3) is 0.200. The van der Waals surface area contributed by atoms with Gasteiger partial charge in [0.15, 0.2) is 0 Å². The van der Waals surface area contributed by atoms with E-state index in [2.05, 4.69) is 15.3 Å². The van der Waals surface area contributed by atoms with Crippen molar-refractivity contribution in [1.29, 1.82) is 0 Å². The molecule has 0 amide bonds. The van der Waals surface area contributed by atoms with E-state index in [1.54, 1.807) is 11.3 Å². The second kappa shape index (κ2) is 5.74. The molecule has 2 rings (SSSR count). The van der Waals surface area contributed by atoms with Gasteiger partial charge in [0.1, 0.15) is 6.20 Å². The van der Waals surface area contributed by atoms with Gasteiger partial charge in [-0.15, -0.1) is 0 Å². The minimum Gasteiger partial charge on any atom is -0.364 e. The van der Waals surface area contributed by atoms with Crippen LogP contribution in [0.1, 0.15) is 5.56 Å². The molecule has 0 saturated carbocycles. The van der Waals surface area contributed by atoms with E-state index in [1.165, 1.54) is 5.56 Å². The molecule has 0 unspecified atom stereocenters. The highest BCUT2D eigenvalue weighted by molar-refractivity contribution is 7.07. The molecule has 18 heavy (non-hydrogen) atoms. The third kappa shape index (κ3) is 3.14. The van der Waals surface area contributed by atoms with Crippen molar-refractivity contribution in [3.8, 4) is 0 Å². The number of hydrogen-bond donors (Lipinski definition) is 1. The Labute approximate surface area is 112 Å². The molecule has 2 aromatic heterocycles. The van der Waals surface area contributed by atoms with Gasteiger partial charge in [-0.05, 0) is 40.4 Å². The SMILES string of the molecule is O=[N+]([O-])c1cnc(Cl)nc1NCCc1ccsc1. The monoisotopic (exact) mass is 284 g/mol. The summed E-state index contributed by atoms with van der Waals surface area (Å²) >= 11 is 7.23. The third-order valence-corrected chi connectivity index (χ3v) is 3.14. The lowest BCUT2D eigenvalue weighted by atomic mass is 10.2. The summed E-state index contributed by atoms with van der Waals surface area (Å²) in [5.41, 5.74) is 1.00. The molecule has 0 aliphatic rings. The van der Waals surface area contributed by atoms with Crippen molar-refractivity contribution in [1.82, 2.24) is 9.97 Å². The Morgan fingerprint density at radius 2 is 2.39 bits per heavy atom. The largest absolute Gasteiger partial charge is 0.364 e. The van der Waals surface area contributed by atoms with Crippen LogP contribution in [0.3, 0.4) is 0 Å². The Bertz CT molecular complexity index is 547. The topological polar surface area (TPSA) is 81.0 Å². The molecule has 0 aromatic carbocycles. The van der Waals surface area contributed by atoms with Crippen molar-refractivity contribution in [3.63, 3.8) is 0 Å². The summed E-state index contributed by atoms with van der Waals surface area (Å²) in [5, 5.41) is 17.7. The molecule has 8 heteroatoms. The molecule has 2 heterocycles. The van der Waals surface area contributed by atoms with Gasteiger partial charge >= 0.3 is 5.69 Å². The normalized spacial score (nSPS) is 10.3. The van der Waals surface area contributed by atoms with Crippen molar-refractivity contribution in [2.75, 3.05) is 11.9 Å². The minimum atomic E-state index is -0.538. The first kappa shape index (κ1) is 12.7. The number of anilines is 1. The lowest BCUT2D eigenvalue weighted by molar-refractivity contribution is -0.384. The molecule has 0 aliphatic heterocycles. The van der Waals surface area contributed by atoms with Crippen LogP contribution >= 0.6 is 22.9 Å². The van der Waals surface area contributed by atoms with Gasteiger partial charge in [0.2, 0.25) is 11.1 Å². The molecule has 0 spiro atoms. The van der Waals surface area contributed by atoms with Gasteiger partial charge in [-0.3, -0.25) is 10.1 Å². The van der Waals surface area contributed by atoms with Crippen LogP contribution in [0.5, 0.6) is 0 Å². The molecule has 0 bridgehead atoms. The molecule has 0 fully saturated rings. The summed E-state index contributed by atoms with van der Waals surface area (Å²) in [6.45, 7) is 0.547. The quantitative estimate of drug-likeness (QED) is 0.519. The van der Waals surface area contributed by atoms with E-state index < -0.39 is 4.92 Å². The van der Waals surface area contributed by atoms with Gasteiger partial charge in [0, 0.05) is 6.54 Å². The number of nitrogens with one attached hydrogen (secondary N) is 1. The number of nitro groups is 1. The smallest absolute Gasteiger partial charge is 0.329 e. The van der Waals surface area contributed by atoms with Crippen molar-refractivity contribution >= 4 is 34.4 Å². The highest BCUT2D eigenvalue weighted by atomic mass is 35.5. The lowest BCUT2D eigenvalue weighted by Gasteiger charge is -2.05. The first-order valence-corrected chi connectivity index (χ1v) is 6.41. The summed E-state index contributed by atoms with van der Waals surface area (Å²) in [7, 11) is 0. The Balaban J connectivity index is 2.03. The fourth-order valence-electron chi connectivity index (χ4n) is 1.38. The number of hydrogen-bond acceptors (Lipinski definition) is 6. The van der Waals surface area contributed by atoms with Crippen molar-refractivity contribution < 1.29 is 4.92 Å². The zero-order valence-corrected chi connectivity index (χ0v) is 10.7. The number of aromatic nitrogens is 2. The number of thiophene rings is 1. The Morgan fingerprint density at radius 3 is 3.06 bits per heavy atom. The number of rotatable bonds is 5. The summed E-state index contributed by atoms with van der Waals surface area (Å²) in [5.74, 6) is 0.148. The van der Waals surface area contributed by atoms with E-state index in [4.69, 9.17) is 11.6 Å². The van der Waals surface area contributed by atoms with Crippen LogP contribution in [0.2, 0.25) is 5.28 Å². The van der Waals surface area contributed by atoms with Gasteiger partial charge in [0.05, 0.1) is 4.92 Å². The Kier molecular flexibility index (Phi) is 4.06. The van der Waals surface area contributed by atoms with Gasteiger partial charge < -0.3 is 5.32 Å². The molecule has 6 nitrogen and oxygen atoms in total. The maximum Gasteiger partial charge on any atom is 0.329 e. The molecular formula is C10H9ClN4O2S. The lowest BCUT2D eigenvalue weighted by Crippen LogP contribution is -2.08. The first-order valence-electron chi connectivity index (χ1n) is 5.08. The third-order valence-electron chi connectivity index (χ3n) is 2.22. The van der Waals surface area contributed by atoms with E-state index in [1.807, 2.05) is 16.8 Å². The molecule has 1 N–H and O–H groups in total. The van der Waals surface area contributed by atoms with Crippen LogP contribution in [0.15, 0.2) is 23.0 Å². The average Bonchev–Trinajstić information content (AvgIpc) is 2.82. The Hall–Kier alpha value is -1.73. The van der Waals surface area contributed by atoms with Crippen LogP contribution in [-0.2, 0) is 6.42 Å². The summed E-state index contributed by atoms with van der Waals surface area (Å²) in [4.78, 5) is 17.6. The molecule has 0 aliphatic carbocycles. The van der Waals surface area contributed by atoms with Crippen LogP contribution in [0.25, 0.3) is 0 Å². The first-order chi connectivity index (χ1) is 8.66. The molecule has 2 aromatic rings. The van der Waals surface area contributed by atoms with Gasteiger partial charge in [-0.1, -0.05) is 0 Å². The van der Waals surface area contributed by atoms with Crippen molar-refractivity contribution in [2.24, 2.45) is 0 Å². The second-order valence-corrected chi connectivity index (χ2v) is 4.56. The van der Waals surface area contributed by atoms with Gasteiger partial charge in [-0.25, -0.2) is 4.98 Å². The van der Waals surface area contributed by atoms with Crippen LogP contribution in [0.4, 0.5) is 11.5 Å². The molecule has 94 valence electrons. The average molecular weight is 285 g/mol. The summed E-state index contributed by atoms with van der Waals surface area (Å²) in [6.07, 6.45) is 1.87. The summed E-state index contributed by atoms with van der Waals surface area (Å²) < 4.78 is 0. The van der Waals surface area contributed by atoms with E-state index in [0.29, 0.717) is 6.54 Å². The zero-order valence-electron chi connectivity index (χ0n) is 9.17. The van der Waals surface area contributed by atoms with Crippen LogP contribution in [0, 0.1) is 10.1 Å². The maximum absolute atomic E-state index is 10.8. The minimum absolute atomic E-state index is 0.0152. The molecular weight excluding hydrogens is 276 g/mol. The fourth-order valence-corrected chi connectivity index (χ4v) is 2.21. The van der Waals surface area contributed by atoms with E-state index in [-0.39, 0.29) is 16.8 Å². The Morgan fingerprint density at radius 1 is 1.56 bits per heavy atom. The number of nitrogens with zero attached hydrogens (tertiary/aromatic N) is 3. The molecule has 0 atom stereocenters. The highest BCUT2D eigenvalue weighted by Crippen LogP contribution is 2.21. The van der Waals surface area contributed by atoms with Gasteiger partial charge in [-0.2, -0.15) is 16.3 Å². The standard InChI is InChI=1S/C10H9ClN4O2S/c11-10-13-5-8(15(16)17)9(14-10)12-3-1-7-2-4-18-6-7/h2,4-6H,1,3H2,(H,12,13,14). The zero-order chi connectivity index (χ0) is 13.0. The van der Waals surface area contributed by atoms with Crippen molar-refractivity contribution in [3.05, 3.63) is 44.0 Å². The van der Waals surface area contributed by atoms with Crippen molar-refractivity contribution in [2.45, 2.75) is 6.42 Å². The van der Waals surface area contributed by atoms with E-state index in [0.717, 1.165) is 12.6 Å². The maximum atomic E-state index is 10.8. The van der Waals surface area contributed by atoms with Gasteiger partial charge in [0.25, 0.3) is 0 Å². The summed E-state index contributed by atoms with van der Waals surface area (Å²) in [6, 6.07) is 2.01. The highest BCUT2D eigenvalue weighted by Gasteiger charge is 2.16. The predicted molar refractivity (Wildman–Crippen MR) is 70.2 cm³/mol. The van der Waals surface area contributed by atoms with E-state index in [9.17, 15) is 10.1 Å². The second-order valence-electron chi connectivity index (χ2n) is 3.44. The number of halogens is 1. The molecule has 0 radical (unpaired) electrons.